The largest absolute Gasteiger partial charge is 0.491 e. The van der Waals surface area contributed by atoms with Crippen molar-refractivity contribution >= 4 is 17.6 Å². The van der Waals surface area contributed by atoms with Gasteiger partial charge in [0.15, 0.2) is 0 Å². The first-order chi connectivity index (χ1) is 13.9. The number of ether oxygens (including phenoxy) is 2. The van der Waals surface area contributed by atoms with Gasteiger partial charge in [-0.3, -0.25) is 4.79 Å². The van der Waals surface area contributed by atoms with Crippen LogP contribution in [-0.2, 0) is 9.53 Å². The number of unbranched alkanes of at least 4 members (excludes halogenated alkanes) is 1. The van der Waals surface area contributed by atoms with E-state index in [2.05, 4.69) is 0 Å². The third kappa shape index (κ3) is 8.32. The first-order valence-corrected chi connectivity index (χ1v) is 10.2. The number of aliphatic hydroxyl groups is 3. The molecule has 0 amide bonds. The first kappa shape index (κ1) is 23.6. The Kier molecular flexibility index (Phi) is 9.90. The normalized spacial score (nSPS) is 25.4. The number of carbonyl (C=O) groups is 1. The van der Waals surface area contributed by atoms with Gasteiger partial charge in [-0.25, -0.2) is 0 Å². The second kappa shape index (κ2) is 12.1. The summed E-state index contributed by atoms with van der Waals surface area (Å²) in [7, 11) is 0. The Labute approximate surface area is 175 Å². The summed E-state index contributed by atoms with van der Waals surface area (Å²) in [6.45, 7) is -0.0201. The van der Waals surface area contributed by atoms with Crippen LogP contribution in [0.4, 0.5) is 0 Å². The highest BCUT2D eigenvalue weighted by molar-refractivity contribution is 6.30. The van der Waals surface area contributed by atoms with E-state index in [1.54, 1.807) is 24.3 Å². The number of halogens is 1. The average molecular weight is 429 g/mol. The molecule has 1 saturated carbocycles. The van der Waals surface area contributed by atoms with Crippen LogP contribution in [0, 0.1) is 5.92 Å². The fraction of sp³-hybridized carbons (Fsp3) is 0.571. The lowest BCUT2D eigenvalue weighted by molar-refractivity contribution is -0.137. The van der Waals surface area contributed by atoms with Crippen LogP contribution >= 0.6 is 11.6 Å². The van der Waals surface area contributed by atoms with Crippen LogP contribution < -0.4 is 4.74 Å². The zero-order valence-corrected chi connectivity index (χ0v) is 16.9. The van der Waals surface area contributed by atoms with Crippen molar-refractivity contribution in [3.8, 4) is 5.75 Å². The van der Waals surface area contributed by atoms with E-state index in [-0.39, 0.29) is 32.0 Å². The predicted octanol–water partition coefficient (Wildman–Crippen LogP) is 2.41. The molecule has 29 heavy (non-hydrogen) atoms. The minimum absolute atomic E-state index is 0.0137. The van der Waals surface area contributed by atoms with Gasteiger partial charge in [0.2, 0.25) is 0 Å². The lowest BCUT2D eigenvalue weighted by Crippen LogP contribution is -2.34. The third-order valence-electron chi connectivity index (χ3n) is 4.83. The van der Waals surface area contributed by atoms with Crippen LogP contribution in [-0.4, -0.2) is 64.0 Å². The molecule has 0 bridgehead atoms. The smallest absolute Gasteiger partial charge is 0.303 e. The monoisotopic (exact) mass is 428 g/mol. The zero-order chi connectivity index (χ0) is 21.2. The van der Waals surface area contributed by atoms with Crippen LogP contribution in [0.2, 0.25) is 5.02 Å². The molecule has 1 aromatic carbocycles. The van der Waals surface area contributed by atoms with E-state index in [9.17, 15) is 20.1 Å². The zero-order valence-electron chi connectivity index (χ0n) is 16.2. The number of hydrogen-bond acceptors (Lipinski definition) is 6. The Bertz CT molecular complexity index is 666. The molecule has 8 heteroatoms. The van der Waals surface area contributed by atoms with Crippen LogP contribution in [0.5, 0.6) is 5.75 Å². The highest BCUT2D eigenvalue weighted by Crippen LogP contribution is 2.32. The minimum atomic E-state index is -0.897. The molecule has 5 atom stereocenters. The van der Waals surface area contributed by atoms with Crippen LogP contribution in [0.3, 0.4) is 0 Å². The van der Waals surface area contributed by atoms with Crippen molar-refractivity contribution in [1.82, 2.24) is 0 Å². The maximum Gasteiger partial charge on any atom is 0.303 e. The predicted molar refractivity (Wildman–Crippen MR) is 108 cm³/mol. The molecule has 2 rings (SSSR count). The van der Waals surface area contributed by atoms with Crippen molar-refractivity contribution in [2.45, 2.75) is 56.5 Å². The summed E-state index contributed by atoms with van der Waals surface area (Å²) in [5, 5.41) is 39.6. The standard InChI is InChI=1S/C21H29ClO7/c22-14-6-5-7-16(10-14)28-12-15(23)13-29-21-17(18(24)11-19(21)25)8-3-1-2-4-9-20(26)27/h1,3,5-7,10,15,17-19,21,23-25H,2,4,8-9,11-13H2,(H,26,27)/b3-1-/t15-,17-,18-,19+,21+/m0/s1. The van der Waals surface area contributed by atoms with E-state index in [0.29, 0.717) is 30.0 Å². The fourth-order valence-corrected chi connectivity index (χ4v) is 3.53. The number of carboxylic acids is 1. The number of aliphatic hydroxyl groups excluding tert-OH is 3. The molecule has 1 aliphatic carbocycles. The van der Waals surface area contributed by atoms with Crippen molar-refractivity contribution in [1.29, 1.82) is 0 Å². The van der Waals surface area contributed by atoms with Gasteiger partial charge in [-0.05, 0) is 37.5 Å². The second-order valence-electron chi connectivity index (χ2n) is 7.25. The summed E-state index contributed by atoms with van der Waals surface area (Å²) in [5.74, 6) is -0.570. The molecule has 7 nitrogen and oxygen atoms in total. The van der Waals surface area contributed by atoms with Gasteiger partial charge < -0.3 is 29.9 Å². The lowest BCUT2D eigenvalue weighted by atomic mass is 9.98. The van der Waals surface area contributed by atoms with Crippen molar-refractivity contribution in [2.75, 3.05) is 13.2 Å². The van der Waals surface area contributed by atoms with Crippen LogP contribution in [0.15, 0.2) is 36.4 Å². The van der Waals surface area contributed by atoms with E-state index >= 15 is 0 Å². The third-order valence-corrected chi connectivity index (χ3v) is 5.07. The number of allylic oxidation sites excluding steroid dienone is 2. The van der Waals surface area contributed by atoms with Gasteiger partial charge >= 0.3 is 5.97 Å². The fourth-order valence-electron chi connectivity index (χ4n) is 3.35. The number of rotatable bonds is 12. The first-order valence-electron chi connectivity index (χ1n) is 9.77. The Hall–Kier alpha value is -1.64. The maximum atomic E-state index is 10.5. The highest BCUT2D eigenvalue weighted by Gasteiger charge is 2.42. The summed E-state index contributed by atoms with van der Waals surface area (Å²) < 4.78 is 11.2. The van der Waals surface area contributed by atoms with Gasteiger partial charge in [-0.1, -0.05) is 29.8 Å². The Morgan fingerprint density at radius 3 is 2.76 bits per heavy atom. The molecule has 4 N–H and O–H groups in total. The SMILES string of the molecule is O=C(O)CCC/C=C\C[C@@H]1[C@@H](OC[C@@H](O)COc2cccc(Cl)c2)[C@H](O)C[C@@H]1O. The molecule has 0 radical (unpaired) electrons. The molecule has 1 aliphatic rings. The molecule has 0 saturated heterocycles. The van der Waals surface area contributed by atoms with Crippen molar-refractivity contribution < 1.29 is 34.7 Å². The molecule has 0 heterocycles. The molecular weight excluding hydrogens is 400 g/mol. The average Bonchev–Trinajstić information content (AvgIpc) is 2.93. The van der Waals surface area contributed by atoms with E-state index in [0.717, 1.165) is 0 Å². The number of hydrogen-bond donors (Lipinski definition) is 4. The van der Waals surface area contributed by atoms with Gasteiger partial charge in [0.05, 0.1) is 24.9 Å². The van der Waals surface area contributed by atoms with Gasteiger partial charge in [-0.15, -0.1) is 0 Å². The van der Waals surface area contributed by atoms with Crippen molar-refractivity contribution in [3.05, 3.63) is 41.4 Å². The Morgan fingerprint density at radius 2 is 2.03 bits per heavy atom. The summed E-state index contributed by atoms with van der Waals surface area (Å²) in [6, 6.07) is 6.85. The van der Waals surface area contributed by atoms with Crippen LogP contribution in [0.1, 0.15) is 32.1 Å². The quantitative estimate of drug-likeness (QED) is 0.298. The van der Waals surface area contributed by atoms with Crippen molar-refractivity contribution in [2.24, 2.45) is 5.92 Å². The second-order valence-corrected chi connectivity index (χ2v) is 7.68. The number of carboxylic acid groups (broad SMARTS) is 1. The topological polar surface area (TPSA) is 116 Å². The molecule has 0 unspecified atom stereocenters. The molecule has 0 aliphatic heterocycles. The summed E-state index contributed by atoms with van der Waals surface area (Å²) in [5.41, 5.74) is 0. The summed E-state index contributed by atoms with van der Waals surface area (Å²) >= 11 is 5.89. The molecule has 0 aromatic heterocycles. The number of benzene rings is 1. The molecular formula is C21H29ClO7. The van der Waals surface area contributed by atoms with E-state index in [4.69, 9.17) is 26.2 Å². The molecule has 162 valence electrons. The molecule has 1 aromatic rings. The summed E-state index contributed by atoms with van der Waals surface area (Å²) in [4.78, 5) is 10.5. The highest BCUT2D eigenvalue weighted by atomic mass is 35.5. The molecule has 1 fully saturated rings. The minimum Gasteiger partial charge on any atom is -0.491 e. The van der Waals surface area contributed by atoms with Gasteiger partial charge in [-0.2, -0.15) is 0 Å². The van der Waals surface area contributed by atoms with E-state index in [1.165, 1.54) is 0 Å². The Balaban J connectivity index is 1.75. The van der Waals surface area contributed by atoms with Gasteiger partial charge in [0.1, 0.15) is 18.5 Å². The van der Waals surface area contributed by atoms with Crippen LogP contribution in [0.25, 0.3) is 0 Å². The van der Waals surface area contributed by atoms with E-state index in [1.807, 2.05) is 12.2 Å². The summed E-state index contributed by atoms with van der Waals surface area (Å²) in [6.07, 6.45) is 2.81. The lowest BCUT2D eigenvalue weighted by Gasteiger charge is -2.24. The van der Waals surface area contributed by atoms with E-state index < -0.39 is 30.4 Å². The van der Waals surface area contributed by atoms with Gasteiger partial charge in [0.25, 0.3) is 0 Å². The van der Waals surface area contributed by atoms with Crippen molar-refractivity contribution in [3.63, 3.8) is 0 Å². The maximum absolute atomic E-state index is 10.5. The Morgan fingerprint density at radius 1 is 1.24 bits per heavy atom. The number of aliphatic carboxylic acids is 1. The van der Waals surface area contributed by atoms with Gasteiger partial charge in [0, 0.05) is 23.8 Å². The molecule has 0 spiro atoms.